The first-order chi connectivity index (χ1) is 34.3. The molecule has 4 aliphatic rings. The van der Waals surface area contributed by atoms with Crippen LogP contribution in [-0.4, -0.2) is 90.1 Å². The predicted molar refractivity (Wildman–Crippen MR) is 273 cm³/mol. The minimum Gasteiger partial charge on any atom is -0.465 e. The van der Waals surface area contributed by atoms with Crippen molar-refractivity contribution in [3.8, 4) is 33.4 Å². The first-order valence-electron chi connectivity index (χ1n) is 24.8. The van der Waals surface area contributed by atoms with Crippen LogP contribution >= 0.6 is 0 Å². The lowest BCUT2D eigenvalue weighted by molar-refractivity contribution is -0.137. The maximum Gasteiger partial charge on any atom is 0.407 e. The number of carbonyl (C=O) groups is 4. The average Bonchev–Trinajstić information content (AvgIpc) is 4.03. The molecule has 2 unspecified atom stereocenters. The number of methoxy groups -OCH3 is 1. The fraction of sp³-hybridized carbons (Fsp3) is 0.333. The fourth-order valence-corrected chi connectivity index (χ4v) is 11.6. The van der Waals surface area contributed by atoms with Gasteiger partial charge in [0.25, 0.3) is 0 Å². The molecular weight excluding hydrogens is 893 g/mol. The van der Waals surface area contributed by atoms with Crippen molar-refractivity contribution in [1.29, 1.82) is 0 Å². The SMILES string of the molecule is COC(=O)NC(C(=O)N1[C@@H]2C[C@@H]2C[C@H]1c1nc2cc(-c3ccc4cc(-c5ccc6cc(-c7ccc8[nH]c([C@@H]9C[C@H]%10C[C@H]%10N9C(=O)C(NC(=O)O)C(C)C)nc8c7)ccc6c5)ccc4c3)ccc2[nH]1)C(C)C. The summed E-state index contributed by atoms with van der Waals surface area (Å²) >= 11 is 0. The molecule has 8 atom stereocenters. The number of fused-ring (bicyclic) bond motifs is 6. The molecule has 12 rings (SSSR count). The van der Waals surface area contributed by atoms with Crippen LogP contribution in [0.2, 0.25) is 0 Å². The molecule has 4 heterocycles. The Kier molecular flexibility index (Phi) is 10.6. The highest BCUT2D eigenvalue weighted by Crippen LogP contribution is 2.55. The van der Waals surface area contributed by atoms with E-state index in [0.717, 1.165) is 114 Å². The Morgan fingerprint density at radius 3 is 1.28 bits per heavy atom. The van der Waals surface area contributed by atoms with Gasteiger partial charge in [0, 0.05) is 12.1 Å². The second-order valence-electron chi connectivity index (χ2n) is 20.9. The van der Waals surface area contributed by atoms with Crippen molar-refractivity contribution in [2.45, 2.75) is 89.6 Å². The van der Waals surface area contributed by atoms with E-state index in [0.29, 0.717) is 11.8 Å². The molecule has 2 saturated heterocycles. The summed E-state index contributed by atoms with van der Waals surface area (Å²) in [7, 11) is 1.31. The van der Waals surface area contributed by atoms with Crippen molar-refractivity contribution in [1.82, 2.24) is 40.4 Å². The highest BCUT2D eigenvalue weighted by molar-refractivity contribution is 5.96. The number of aromatic amines is 2. The van der Waals surface area contributed by atoms with Gasteiger partial charge in [-0.15, -0.1) is 0 Å². The van der Waals surface area contributed by atoms with Crippen LogP contribution in [0, 0.1) is 23.7 Å². The van der Waals surface area contributed by atoms with Gasteiger partial charge in [-0.25, -0.2) is 19.6 Å². The Morgan fingerprint density at radius 1 is 0.549 bits per heavy atom. The predicted octanol–water partition coefficient (Wildman–Crippen LogP) is 10.7. The molecule has 0 radical (unpaired) electrons. The van der Waals surface area contributed by atoms with Crippen LogP contribution in [0.4, 0.5) is 9.59 Å². The Morgan fingerprint density at radius 2 is 0.915 bits per heavy atom. The number of nitrogens with zero attached hydrogens (tertiary/aromatic N) is 4. The zero-order valence-corrected chi connectivity index (χ0v) is 40.3. The third kappa shape index (κ3) is 7.99. The number of likely N-dealkylation sites (tertiary alicyclic amines) is 2. The Labute approximate surface area is 410 Å². The van der Waals surface area contributed by atoms with E-state index < -0.39 is 24.3 Å². The molecule has 2 aliphatic heterocycles. The van der Waals surface area contributed by atoms with Gasteiger partial charge in [0.05, 0.1) is 41.3 Å². The first kappa shape index (κ1) is 44.5. The van der Waals surface area contributed by atoms with Gasteiger partial charge in [-0.1, -0.05) is 88.4 Å². The summed E-state index contributed by atoms with van der Waals surface area (Å²) in [5.41, 5.74) is 10.0. The van der Waals surface area contributed by atoms with Gasteiger partial charge >= 0.3 is 12.2 Å². The zero-order valence-electron chi connectivity index (χ0n) is 40.3. The van der Waals surface area contributed by atoms with E-state index >= 15 is 0 Å². The van der Waals surface area contributed by atoms with Crippen molar-refractivity contribution >= 4 is 67.6 Å². The maximum atomic E-state index is 13.9. The molecule has 71 heavy (non-hydrogen) atoms. The molecule has 0 spiro atoms. The van der Waals surface area contributed by atoms with Crippen molar-refractivity contribution in [3.05, 3.63) is 121 Å². The number of amides is 4. The number of carbonyl (C=O) groups excluding carboxylic acids is 3. The number of carboxylic acid groups (broad SMARTS) is 1. The van der Waals surface area contributed by atoms with Gasteiger partial charge in [0.1, 0.15) is 23.7 Å². The second kappa shape index (κ2) is 17.0. The van der Waals surface area contributed by atoms with E-state index in [1.54, 1.807) is 0 Å². The second-order valence-corrected chi connectivity index (χ2v) is 20.9. The summed E-state index contributed by atoms with van der Waals surface area (Å²) in [6.45, 7) is 7.59. The van der Waals surface area contributed by atoms with Crippen LogP contribution in [0.5, 0.6) is 0 Å². The third-order valence-corrected chi connectivity index (χ3v) is 15.6. The molecule has 4 amide bonds. The lowest BCUT2D eigenvalue weighted by Gasteiger charge is -2.31. The summed E-state index contributed by atoms with van der Waals surface area (Å²) < 4.78 is 4.83. The topological polar surface area (TPSA) is 186 Å². The summed E-state index contributed by atoms with van der Waals surface area (Å²) in [6.07, 6.45) is 1.78. The number of aromatic nitrogens is 4. The van der Waals surface area contributed by atoms with Gasteiger partial charge in [0.15, 0.2) is 0 Å². The van der Waals surface area contributed by atoms with Crippen LogP contribution in [0.25, 0.3) is 77.0 Å². The summed E-state index contributed by atoms with van der Waals surface area (Å²) in [6, 6.07) is 37.2. The number of benzene rings is 6. The molecule has 360 valence electrons. The van der Waals surface area contributed by atoms with Gasteiger partial charge in [0.2, 0.25) is 11.8 Å². The largest absolute Gasteiger partial charge is 0.465 e. The van der Waals surface area contributed by atoms with E-state index in [1.807, 2.05) is 43.6 Å². The molecule has 2 aliphatic carbocycles. The minimum absolute atomic E-state index is 0.0928. The van der Waals surface area contributed by atoms with Crippen molar-refractivity contribution in [3.63, 3.8) is 0 Å². The summed E-state index contributed by atoms with van der Waals surface area (Å²) in [5, 5.41) is 19.2. The van der Waals surface area contributed by atoms with E-state index in [4.69, 9.17) is 14.7 Å². The van der Waals surface area contributed by atoms with Crippen LogP contribution in [0.1, 0.15) is 77.1 Å². The Bertz CT molecular complexity index is 3490. The van der Waals surface area contributed by atoms with Gasteiger partial charge in [-0.05, 0) is 153 Å². The molecule has 14 heteroatoms. The maximum absolute atomic E-state index is 13.9. The van der Waals surface area contributed by atoms with Crippen molar-refractivity contribution in [2.24, 2.45) is 23.7 Å². The lowest BCUT2D eigenvalue weighted by atomic mass is 9.95. The van der Waals surface area contributed by atoms with Crippen molar-refractivity contribution < 1.29 is 29.0 Å². The summed E-state index contributed by atoms with van der Waals surface area (Å²) in [5.74, 6) is 1.82. The third-order valence-electron chi connectivity index (χ3n) is 15.6. The Hall–Kier alpha value is -7.74. The molecule has 2 aromatic heterocycles. The molecular formula is C57H56N8O6. The van der Waals surface area contributed by atoms with Gasteiger partial charge in [-0.3, -0.25) is 9.59 Å². The number of H-pyrrole nitrogens is 2. The van der Waals surface area contributed by atoms with Crippen molar-refractivity contribution in [2.75, 3.05) is 7.11 Å². The quantitative estimate of drug-likeness (QED) is 0.0848. The van der Waals surface area contributed by atoms with E-state index in [2.05, 4.69) is 124 Å². The number of hydrogen-bond acceptors (Lipinski definition) is 7. The molecule has 8 aromatic rings. The molecule has 4 fully saturated rings. The fourth-order valence-electron chi connectivity index (χ4n) is 11.6. The van der Waals surface area contributed by atoms with E-state index in [9.17, 15) is 24.3 Å². The number of ether oxygens (including phenoxy) is 1. The van der Waals surface area contributed by atoms with Crippen LogP contribution < -0.4 is 10.6 Å². The monoisotopic (exact) mass is 948 g/mol. The van der Waals surface area contributed by atoms with Gasteiger partial charge in [-0.2, -0.15) is 0 Å². The molecule has 5 N–H and O–H groups in total. The number of hydrogen-bond donors (Lipinski definition) is 5. The standard InChI is InChI=1S/C57H56N8O6/c1-28(2)50(62-56(68)69)54(66)64-46-24-40(46)26-48(64)52-58-42-16-14-38(22-44(42)60-52)36-12-10-32-18-30(6-8-34(32)20-36)31-7-9-35-21-37(13-11-33(35)19-31)39-15-17-43-45(23-39)61-53(59-43)49-27-41-25-47(41)65(49)55(67)51(29(3)4)63-57(70)71-5/h6-23,28-29,40-41,46-51,62H,24-27H2,1-5H3,(H,58,60)(H,59,61)(H,63,70)(H,68,69)/t40-,41-,46-,47-,48+,49+,50?,51?/m1/s1. The molecule has 2 saturated carbocycles. The highest BCUT2D eigenvalue weighted by atomic mass is 16.5. The van der Waals surface area contributed by atoms with Gasteiger partial charge < -0.3 is 40.2 Å². The Balaban J connectivity index is 0.749. The van der Waals surface area contributed by atoms with Crippen LogP contribution in [0.15, 0.2) is 109 Å². The van der Waals surface area contributed by atoms with Crippen LogP contribution in [-0.2, 0) is 14.3 Å². The minimum atomic E-state index is -1.19. The molecule has 6 aromatic carbocycles. The number of piperidine rings is 2. The van der Waals surface area contributed by atoms with E-state index in [-0.39, 0.29) is 47.8 Å². The van der Waals surface area contributed by atoms with E-state index in [1.165, 1.54) is 7.11 Å². The molecule has 0 bridgehead atoms. The normalized spacial score (nSPS) is 22.0. The number of imidazole rings is 2. The van der Waals surface area contributed by atoms with Crippen LogP contribution in [0.3, 0.4) is 0 Å². The highest BCUT2D eigenvalue weighted by Gasteiger charge is 2.57. The zero-order chi connectivity index (χ0) is 49.0. The lowest BCUT2D eigenvalue weighted by Crippen LogP contribution is -2.52. The average molecular weight is 949 g/mol. The number of rotatable bonds is 11. The number of nitrogens with one attached hydrogen (secondary N) is 4. The molecule has 14 nitrogen and oxygen atoms in total. The smallest absolute Gasteiger partial charge is 0.407 e. The number of alkyl carbamates (subject to hydrolysis) is 1. The first-order valence-corrected chi connectivity index (χ1v) is 24.8. The summed E-state index contributed by atoms with van der Waals surface area (Å²) in [4.78, 5) is 72.4.